The highest BCUT2D eigenvalue weighted by molar-refractivity contribution is 5.93. The summed E-state index contributed by atoms with van der Waals surface area (Å²) >= 11 is 0. The van der Waals surface area contributed by atoms with Gasteiger partial charge in [-0.1, -0.05) is 31.2 Å². The topological polar surface area (TPSA) is 45.5 Å². The summed E-state index contributed by atoms with van der Waals surface area (Å²) in [6.45, 7) is 4.20. The third-order valence-electron chi connectivity index (χ3n) is 4.47. The molecular weight excluding hydrogens is 312 g/mol. The molecule has 0 atom stereocenters. The molecule has 0 spiro atoms. The number of hydrogen-bond donors (Lipinski definition) is 1. The Labute approximate surface area is 148 Å². The number of amides is 1. The molecule has 4 nitrogen and oxygen atoms in total. The predicted octanol–water partition coefficient (Wildman–Crippen LogP) is 4.68. The van der Waals surface area contributed by atoms with Crippen molar-refractivity contribution in [2.24, 2.45) is 0 Å². The van der Waals surface area contributed by atoms with Crippen LogP contribution in [0.1, 0.15) is 23.8 Å². The lowest BCUT2D eigenvalue weighted by Crippen LogP contribution is -2.23. The lowest BCUT2D eigenvalue weighted by Gasteiger charge is -2.11. The van der Waals surface area contributed by atoms with Gasteiger partial charge in [0.15, 0.2) is 5.58 Å². The molecule has 0 saturated heterocycles. The Morgan fingerprint density at radius 3 is 2.48 bits per heavy atom. The fourth-order valence-corrected chi connectivity index (χ4v) is 2.92. The van der Waals surface area contributed by atoms with Crippen molar-refractivity contribution in [3.8, 4) is 0 Å². The summed E-state index contributed by atoms with van der Waals surface area (Å²) in [6, 6.07) is 14.1. The standard InChI is InChI=1S/C21H24N2O2/c1-5-19-14(2)17-7-6-8-18(21(17)25-19)22-16-11-9-15(10-12-16)13-20(24)23(3)4/h6-12,22H,5,13H2,1-4H3. The number of fused-ring (bicyclic) bond motifs is 1. The molecule has 1 heterocycles. The zero-order valence-corrected chi connectivity index (χ0v) is 15.2. The fraction of sp³-hybridized carbons (Fsp3) is 0.286. The Kier molecular flexibility index (Phi) is 4.79. The van der Waals surface area contributed by atoms with E-state index in [4.69, 9.17) is 4.42 Å². The van der Waals surface area contributed by atoms with E-state index in [9.17, 15) is 4.79 Å². The first kappa shape index (κ1) is 17.1. The van der Waals surface area contributed by atoms with Crippen LogP contribution < -0.4 is 5.32 Å². The molecule has 130 valence electrons. The van der Waals surface area contributed by atoms with Crippen LogP contribution in [0.3, 0.4) is 0 Å². The van der Waals surface area contributed by atoms with Crippen LogP contribution in [0.15, 0.2) is 46.9 Å². The molecule has 0 radical (unpaired) electrons. The predicted molar refractivity (Wildman–Crippen MR) is 102 cm³/mol. The van der Waals surface area contributed by atoms with Crippen LogP contribution in [-0.4, -0.2) is 24.9 Å². The maximum atomic E-state index is 11.8. The fourth-order valence-electron chi connectivity index (χ4n) is 2.92. The van der Waals surface area contributed by atoms with Gasteiger partial charge in [-0.05, 0) is 36.2 Å². The number of nitrogens with zero attached hydrogens (tertiary/aromatic N) is 1. The van der Waals surface area contributed by atoms with Crippen LogP contribution in [0.25, 0.3) is 11.0 Å². The van der Waals surface area contributed by atoms with Gasteiger partial charge in [-0.15, -0.1) is 0 Å². The minimum atomic E-state index is 0.101. The average Bonchev–Trinajstić information content (AvgIpc) is 2.94. The number of benzene rings is 2. The van der Waals surface area contributed by atoms with Gasteiger partial charge < -0.3 is 14.6 Å². The number of hydrogen-bond acceptors (Lipinski definition) is 3. The monoisotopic (exact) mass is 336 g/mol. The number of nitrogens with one attached hydrogen (secondary N) is 1. The minimum Gasteiger partial charge on any atom is -0.459 e. The van der Waals surface area contributed by atoms with Crippen molar-refractivity contribution in [1.29, 1.82) is 0 Å². The molecule has 0 fully saturated rings. The van der Waals surface area contributed by atoms with Crippen LogP contribution in [0, 0.1) is 6.92 Å². The van der Waals surface area contributed by atoms with Gasteiger partial charge in [-0.25, -0.2) is 0 Å². The van der Waals surface area contributed by atoms with E-state index in [1.54, 1.807) is 19.0 Å². The van der Waals surface area contributed by atoms with Crippen molar-refractivity contribution in [3.63, 3.8) is 0 Å². The van der Waals surface area contributed by atoms with Gasteiger partial charge in [0.05, 0.1) is 12.1 Å². The molecule has 3 rings (SSSR count). The molecule has 0 saturated carbocycles. The highest BCUT2D eigenvalue weighted by atomic mass is 16.3. The number of aryl methyl sites for hydroxylation is 2. The van der Waals surface area contributed by atoms with Gasteiger partial charge in [-0.3, -0.25) is 4.79 Å². The Bertz CT molecular complexity index is 892. The summed E-state index contributed by atoms with van der Waals surface area (Å²) in [4.78, 5) is 13.4. The molecule has 4 heteroatoms. The number of para-hydroxylation sites is 1. The normalized spacial score (nSPS) is 10.9. The largest absolute Gasteiger partial charge is 0.459 e. The maximum absolute atomic E-state index is 11.8. The molecule has 1 amide bonds. The average molecular weight is 336 g/mol. The summed E-state index contributed by atoms with van der Waals surface area (Å²) in [5.74, 6) is 1.13. The summed E-state index contributed by atoms with van der Waals surface area (Å²) < 4.78 is 6.04. The first-order valence-corrected chi connectivity index (χ1v) is 8.56. The van der Waals surface area contributed by atoms with E-state index in [0.29, 0.717) is 6.42 Å². The highest BCUT2D eigenvalue weighted by Crippen LogP contribution is 2.32. The van der Waals surface area contributed by atoms with E-state index in [-0.39, 0.29) is 5.91 Å². The Morgan fingerprint density at radius 2 is 1.84 bits per heavy atom. The van der Waals surface area contributed by atoms with Crippen molar-refractivity contribution in [1.82, 2.24) is 4.90 Å². The van der Waals surface area contributed by atoms with Gasteiger partial charge in [-0.2, -0.15) is 0 Å². The van der Waals surface area contributed by atoms with E-state index in [2.05, 4.69) is 25.2 Å². The minimum absolute atomic E-state index is 0.101. The zero-order chi connectivity index (χ0) is 18.0. The molecule has 0 bridgehead atoms. The molecule has 0 aliphatic carbocycles. The van der Waals surface area contributed by atoms with Gasteiger partial charge in [0.1, 0.15) is 5.76 Å². The van der Waals surface area contributed by atoms with E-state index < -0.39 is 0 Å². The molecule has 1 N–H and O–H groups in total. The number of carbonyl (C=O) groups excluding carboxylic acids is 1. The quantitative estimate of drug-likeness (QED) is 0.736. The van der Waals surface area contributed by atoms with Crippen LogP contribution in [0.5, 0.6) is 0 Å². The molecule has 25 heavy (non-hydrogen) atoms. The summed E-state index contributed by atoms with van der Waals surface area (Å²) in [5, 5.41) is 4.57. The number of rotatable bonds is 5. The molecular formula is C21H24N2O2. The van der Waals surface area contributed by atoms with Crippen molar-refractivity contribution in [2.45, 2.75) is 26.7 Å². The number of carbonyl (C=O) groups is 1. The van der Waals surface area contributed by atoms with Crippen LogP contribution >= 0.6 is 0 Å². The lowest BCUT2D eigenvalue weighted by molar-refractivity contribution is -0.127. The van der Waals surface area contributed by atoms with E-state index >= 15 is 0 Å². The van der Waals surface area contributed by atoms with Crippen molar-refractivity contribution in [3.05, 3.63) is 59.4 Å². The van der Waals surface area contributed by atoms with Crippen LogP contribution in [-0.2, 0) is 17.6 Å². The van der Waals surface area contributed by atoms with Gasteiger partial charge >= 0.3 is 0 Å². The number of anilines is 2. The Morgan fingerprint density at radius 1 is 1.12 bits per heavy atom. The summed E-state index contributed by atoms with van der Waals surface area (Å²) in [7, 11) is 3.55. The molecule has 0 aliphatic heterocycles. The van der Waals surface area contributed by atoms with Crippen LogP contribution in [0.2, 0.25) is 0 Å². The Hall–Kier alpha value is -2.75. The first-order chi connectivity index (χ1) is 12.0. The second-order valence-electron chi connectivity index (χ2n) is 6.47. The van der Waals surface area contributed by atoms with Crippen molar-refractivity contribution < 1.29 is 9.21 Å². The molecule has 2 aromatic carbocycles. The van der Waals surface area contributed by atoms with Crippen LogP contribution in [0.4, 0.5) is 11.4 Å². The lowest BCUT2D eigenvalue weighted by atomic mass is 10.1. The SMILES string of the molecule is CCc1oc2c(Nc3ccc(CC(=O)N(C)C)cc3)cccc2c1C. The maximum Gasteiger partial charge on any atom is 0.226 e. The molecule has 0 aliphatic rings. The Balaban J connectivity index is 1.83. The summed E-state index contributed by atoms with van der Waals surface area (Å²) in [5.41, 5.74) is 5.03. The van der Waals surface area contributed by atoms with Crippen molar-refractivity contribution >= 4 is 28.3 Å². The number of furan rings is 1. The third-order valence-corrected chi connectivity index (χ3v) is 4.47. The van der Waals surface area contributed by atoms with Gasteiger partial charge in [0, 0.05) is 31.6 Å². The first-order valence-electron chi connectivity index (χ1n) is 8.56. The van der Waals surface area contributed by atoms with E-state index in [1.165, 1.54) is 5.56 Å². The zero-order valence-electron chi connectivity index (χ0n) is 15.2. The second-order valence-corrected chi connectivity index (χ2v) is 6.47. The van der Waals surface area contributed by atoms with E-state index in [1.807, 2.05) is 36.4 Å². The van der Waals surface area contributed by atoms with Gasteiger partial charge in [0.2, 0.25) is 5.91 Å². The molecule has 0 unspecified atom stereocenters. The molecule has 1 aromatic heterocycles. The third kappa shape index (κ3) is 3.53. The molecule has 3 aromatic rings. The second kappa shape index (κ2) is 7.01. The number of likely N-dealkylation sites (N-methyl/N-ethyl adjacent to an activating group) is 1. The smallest absolute Gasteiger partial charge is 0.226 e. The van der Waals surface area contributed by atoms with Gasteiger partial charge in [0.25, 0.3) is 0 Å². The van der Waals surface area contributed by atoms with E-state index in [0.717, 1.165) is 40.1 Å². The van der Waals surface area contributed by atoms with Crippen molar-refractivity contribution in [2.75, 3.05) is 19.4 Å². The summed E-state index contributed by atoms with van der Waals surface area (Å²) in [6.07, 6.45) is 1.30. The highest BCUT2D eigenvalue weighted by Gasteiger charge is 2.12.